The maximum atomic E-state index is 13.1. The molecule has 0 atom stereocenters. The summed E-state index contributed by atoms with van der Waals surface area (Å²) in [6, 6.07) is 10.9. The molecule has 3 rings (SSSR count). The first-order chi connectivity index (χ1) is 15.0. The van der Waals surface area contributed by atoms with Crippen LogP contribution in [0.2, 0.25) is 0 Å². The number of carbonyl (C=O) groups excluding carboxylic acids is 1. The molecule has 1 amide bonds. The average Bonchev–Trinajstić information content (AvgIpc) is 3.01. The average molecular weight is 518 g/mol. The predicted molar refractivity (Wildman–Crippen MR) is 133 cm³/mol. The Bertz CT molecular complexity index is 1060. The van der Waals surface area contributed by atoms with Crippen LogP contribution in [-0.2, 0) is 4.79 Å². The molecule has 0 aromatic heterocycles. The minimum absolute atomic E-state index is 0.124. The van der Waals surface area contributed by atoms with Gasteiger partial charge in [-0.3, -0.25) is 9.69 Å². The van der Waals surface area contributed by atoms with E-state index in [-0.39, 0.29) is 12.5 Å². The van der Waals surface area contributed by atoms with Crippen molar-refractivity contribution in [3.8, 4) is 29.6 Å². The van der Waals surface area contributed by atoms with Gasteiger partial charge in [0.15, 0.2) is 15.8 Å². The summed E-state index contributed by atoms with van der Waals surface area (Å²) < 4.78 is 17.9. The van der Waals surface area contributed by atoms with Crippen LogP contribution >= 0.6 is 39.9 Å². The molecule has 31 heavy (non-hydrogen) atoms. The van der Waals surface area contributed by atoms with Gasteiger partial charge in [0.05, 0.1) is 28.3 Å². The Morgan fingerprint density at radius 2 is 1.87 bits per heavy atom. The van der Waals surface area contributed by atoms with Crippen LogP contribution in [0.1, 0.15) is 19.4 Å². The number of amides is 1. The third kappa shape index (κ3) is 5.42. The summed E-state index contributed by atoms with van der Waals surface area (Å²) >= 11 is 10.2. The molecule has 5 nitrogen and oxygen atoms in total. The molecule has 2 aromatic carbocycles. The lowest BCUT2D eigenvalue weighted by Crippen LogP contribution is -2.27. The van der Waals surface area contributed by atoms with Gasteiger partial charge in [-0.15, -0.1) is 6.42 Å². The zero-order valence-electron chi connectivity index (χ0n) is 17.0. The van der Waals surface area contributed by atoms with Crippen molar-refractivity contribution in [3.63, 3.8) is 0 Å². The summed E-state index contributed by atoms with van der Waals surface area (Å²) in [4.78, 5) is 15.1. The molecule has 0 N–H and O–H groups in total. The van der Waals surface area contributed by atoms with E-state index in [1.54, 1.807) is 6.08 Å². The fraction of sp³-hybridized carbons (Fsp3) is 0.217. The largest absolute Gasteiger partial charge is 0.494 e. The van der Waals surface area contributed by atoms with Gasteiger partial charge in [-0.1, -0.05) is 29.9 Å². The van der Waals surface area contributed by atoms with Crippen molar-refractivity contribution in [2.45, 2.75) is 13.8 Å². The number of halogens is 1. The van der Waals surface area contributed by atoms with E-state index in [0.717, 1.165) is 11.3 Å². The van der Waals surface area contributed by atoms with E-state index < -0.39 is 0 Å². The van der Waals surface area contributed by atoms with Crippen molar-refractivity contribution in [3.05, 3.63) is 51.3 Å². The van der Waals surface area contributed by atoms with E-state index in [9.17, 15) is 4.79 Å². The third-order valence-electron chi connectivity index (χ3n) is 4.13. The maximum Gasteiger partial charge on any atom is 0.270 e. The van der Waals surface area contributed by atoms with Crippen LogP contribution in [0, 0.1) is 12.3 Å². The lowest BCUT2D eigenvalue weighted by molar-refractivity contribution is -0.113. The molecule has 1 saturated heterocycles. The SMILES string of the molecule is C#CCOc1c(Br)cc(/C=C2\SC(=S)N(c3ccc(OCC)cc3)C2=O)cc1OCC. The van der Waals surface area contributed by atoms with Crippen molar-refractivity contribution in [1.82, 2.24) is 0 Å². The Balaban J connectivity index is 1.89. The lowest BCUT2D eigenvalue weighted by atomic mass is 10.1. The van der Waals surface area contributed by atoms with Crippen LogP contribution < -0.4 is 19.1 Å². The van der Waals surface area contributed by atoms with Gasteiger partial charge in [0.1, 0.15) is 12.4 Å². The quantitative estimate of drug-likeness (QED) is 0.255. The standard InChI is InChI=1S/C23H20BrNO4S2/c1-4-11-29-21-18(24)12-15(13-19(21)28-6-3)14-20-22(26)25(23(30)31-20)16-7-9-17(10-8-16)27-5-2/h1,7-10,12-14H,5-6,11H2,2-3H3/b20-14-. The summed E-state index contributed by atoms with van der Waals surface area (Å²) in [6.07, 6.45) is 7.08. The number of carbonyl (C=O) groups is 1. The molecule has 1 heterocycles. The van der Waals surface area contributed by atoms with E-state index >= 15 is 0 Å². The van der Waals surface area contributed by atoms with Gasteiger partial charge < -0.3 is 14.2 Å². The number of hydrogen-bond acceptors (Lipinski definition) is 6. The van der Waals surface area contributed by atoms with Crippen molar-refractivity contribution in [1.29, 1.82) is 0 Å². The minimum atomic E-state index is -0.180. The Morgan fingerprint density at radius 1 is 1.16 bits per heavy atom. The second kappa shape index (κ2) is 10.7. The zero-order chi connectivity index (χ0) is 22.4. The minimum Gasteiger partial charge on any atom is -0.494 e. The monoisotopic (exact) mass is 517 g/mol. The van der Waals surface area contributed by atoms with Gasteiger partial charge in [0.25, 0.3) is 5.91 Å². The lowest BCUT2D eigenvalue weighted by Gasteiger charge is -2.15. The maximum absolute atomic E-state index is 13.1. The predicted octanol–water partition coefficient (Wildman–Crippen LogP) is 5.66. The van der Waals surface area contributed by atoms with E-state index in [1.807, 2.05) is 50.2 Å². The van der Waals surface area contributed by atoms with Crippen molar-refractivity contribution in [2.75, 3.05) is 24.7 Å². The fourth-order valence-corrected chi connectivity index (χ4v) is 4.76. The summed E-state index contributed by atoms with van der Waals surface area (Å²) in [5, 5.41) is 0. The Labute approximate surface area is 199 Å². The van der Waals surface area contributed by atoms with Gasteiger partial charge in [-0.05, 0) is 77.8 Å². The normalized spacial score (nSPS) is 14.6. The van der Waals surface area contributed by atoms with Crippen LogP contribution in [0.4, 0.5) is 5.69 Å². The summed E-state index contributed by atoms with van der Waals surface area (Å²) in [7, 11) is 0. The van der Waals surface area contributed by atoms with Crippen LogP contribution in [0.5, 0.6) is 17.2 Å². The van der Waals surface area contributed by atoms with Gasteiger partial charge in [0, 0.05) is 0 Å². The van der Waals surface area contributed by atoms with Gasteiger partial charge in [-0.25, -0.2) is 0 Å². The highest BCUT2D eigenvalue weighted by Gasteiger charge is 2.33. The van der Waals surface area contributed by atoms with Crippen molar-refractivity contribution < 1.29 is 19.0 Å². The molecule has 0 radical (unpaired) electrons. The highest BCUT2D eigenvalue weighted by molar-refractivity contribution is 9.10. The zero-order valence-corrected chi connectivity index (χ0v) is 20.2. The number of thiocarbonyl (C=S) groups is 1. The Morgan fingerprint density at radius 3 is 2.52 bits per heavy atom. The van der Waals surface area contributed by atoms with E-state index in [1.165, 1.54) is 16.7 Å². The second-order valence-electron chi connectivity index (χ2n) is 6.20. The second-order valence-corrected chi connectivity index (χ2v) is 8.73. The summed E-state index contributed by atoms with van der Waals surface area (Å²) in [6.45, 7) is 4.97. The Kier molecular flexibility index (Phi) is 8.02. The fourth-order valence-electron chi connectivity index (χ4n) is 2.89. The molecule has 0 aliphatic carbocycles. The van der Waals surface area contributed by atoms with Gasteiger partial charge in [-0.2, -0.15) is 0 Å². The number of anilines is 1. The molecular weight excluding hydrogens is 498 g/mol. The molecular formula is C23H20BrNO4S2. The van der Waals surface area contributed by atoms with Crippen molar-refractivity contribution in [2.24, 2.45) is 0 Å². The van der Waals surface area contributed by atoms with Crippen LogP contribution in [-0.4, -0.2) is 30.0 Å². The number of rotatable bonds is 8. The van der Waals surface area contributed by atoms with Gasteiger partial charge >= 0.3 is 0 Å². The highest BCUT2D eigenvalue weighted by Crippen LogP contribution is 2.40. The summed E-state index contributed by atoms with van der Waals surface area (Å²) in [5.74, 6) is 4.07. The number of nitrogens with zero attached hydrogens (tertiary/aromatic N) is 1. The topological polar surface area (TPSA) is 48.0 Å². The molecule has 8 heteroatoms. The van der Waals surface area contributed by atoms with Gasteiger partial charge in [0.2, 0.25) is 0 Å². The first-order valence-corrected chi connectivity index (χ1v) is 11.5. The number of ether oxygens (including phenoxy) is 3. The molecule has 0 spiro atoms. The molecule has 1 aliphatic rings. The van der Waals surface area contributed by atoms with E-state index in [2.05, 4.69) is 21.9 Å². The number of benzene rings is 2. The first-order valence-electron chi connectivity index (χ1n) is 9.51. The van der Waals surface area contributed by atoms with Crippen LogP contribution in [0.25, 0.3) is 6.08 Å². The molecule has 2 aromatic rings. The smallest absolute Gasteiger partial charge is 0.270 e. The number of hydrogen-bond donors (Lipinski definition) is 0. The number of thioether (sulfide) groups is 1. The van der Waals surface area contributed by atoms with Crippen LogP contribution in [0.15, 0.2) is 45.8 Å². The van der Waals surface area contributed by atoms with E-state index in [4.69, 9.17) is 32.9 Å². The third-order valence-corrected chi connectivity index (χ3v) is 6.02. The molecule has 0 bridgehead atoms. The number of terminal acetylenes is 1. The molecule has 0 saturated carbocycles. The molecule has 1 fully saturated rings. The molecule has 160 valence electrons. The molecule has 1 aliphatic heterocycles. The molecule has 0 unspecified atom stereocenters. The Hall–Kier alpha value is -2.47. The van der Waals surface area contributed by atoms with Crippen molar-refractivity contribution >= 4 is 61.9 Å². The first kappa shape index (κ1) is 23.2. The highest BCUT2D eigenvalue weighted by atomic mass is 79.9. The van der Waals surface area contributed by atoms with Crippen LogP contribution in [0.3, 0.4) is 0 Å². The van der Waals surface area contributed by atoms with E-state index in [0.29, 0.717) is 44.1 Å². The summed E-state index contributed by atoms with van der Waals surface area (Å²) in [5.41, 5.74) is 1.47.